The summed E-state index contributed by atoms with van der Waals surface area (Å²) in [6, 6.07) is 4.57. The van der Waals surface area contributed by atoms with Crippen LogP contribution in [0.4, 0.5) is 5.69 Å². The summed E-state index contributed by atoms with van der Waals surface area (Å²) in [7, 11) is 6.01. The maximum atomic E-state index is 5.28. The molecule has 0 unspecified atom stereocenters. The van der Waals surface area contributed by atoms with Crippen molar-refractivity contribution < 1.29 is 4.74 Å². The molecule has 2 nitrogen and oxygen atoms in total. The number of anilines is 1. The van der Waals surface area contributed by atoms with E-state index in [2.05, 4.69) is 58.8 Å². The van der Waals surface area contributed by atoms with E-state index in [-0.39, 0.29) is 0 Å². The van der Waals surface area contributed by atoms with Crippen LogP contribution in [0.3, 0.4) is 0 Å². The van der Waals surface area contributed by atoms with Crippen molar-refractivity contribution >= 4 is 5.69 Å². The van der Waals surface area contributed by atoms with Gasteiger partial charge in [-0.15, -0.1) is 0 Å². The summed E-state index contributed by atoms with van der Waals surface area (Å²) >= 11 is 0. The van der Waals surface area contributed by atoms with E-state index in [0.29, 0.717) is 18.4 Å². The van der Waals surface area contributed by atoms with E-state index in [1.165, 1.54) is 22.4 Å². The predicted octanol–water partition coefficient (Wildman–Crippen LogP) is 4.15. The lowest BCUT2D eigenvalue weighted by Gasteiger charge is -2.26. The molecular formula is C16H27NO. The Hall–Kier alpha value is -1.02. The van der Waals surface area contributed by atoms with Crippen molar-refractivity contribution in [2.75, 3.05) is 26.1 Å². The topological polar surface area (TPSA) is 12.5 Å². The van der Waals surface area contributed by atoms with Crippen LogP contribution < -0.4 is 4.90 Å². The van der Waals surface area contributed by atoms with Crippen molar-refractivity contribution in [2.24, 2.45) is 0 Å². The van der Waals surface area contributed by atoms with Gasteiger partial charge < -0.3 is 9.64 Å². The average Bonchev–Trinajstić information content (AvgIpc) is 2.27. The van der Waals surface area contributed by atoms with Gasteiger partial charge in [0.25, 0.3) is 0 Å². The number of hydrogen-bond donors (Lipinski definition) is 0. The molecule has 18 heavy (non-hydrogen) atoms. The molecule has 0 aromatic heterocycles. The van der Waals surface area contributed by atoms with Crippen molar-refractivity contribution in [3.05, 3.63) is 28.8 Å². The second-order valence-electron chi connectivity index (χ2n) is 5.76. The summed E-state index contributed by atoms with van der Waals surface area (Å²) in [4.78, 5) is 2.24. The van der Waals surface area contributed by atoms with Crippen LogP contribution in [-0.2, 0) is 11.3 Å². The lowest BCUT2D eigenvalue weighted by Crippen LogP contribution is -2.16. The van der Waals surface area contributed by atoms with Gasteiger partial charge in [0, 0.05) is 26.9 Å². The minimum absolute atomic E-state index is 0.525. The summed E-state index contributed by atoms with van der Waals surface area (Å²) in [5, 5.41) is 0. The van der Waals surface area contributed by atoms with Gasteiger partial charge >= 0.3 is 0 Å². The molecule has 0 bridgehead atoms. The molecule has 0 aliphatic carbocycles. The SMILES string of the molecule is COCc1cc(C(C)C)c(N(C)C)c(C(C)C)c1. The van der Waals surface area contributed by atoms with Crippen LogP contribution in [0.15, 0.2) is 12.1 Å². The highest BCUT2D eigenvalue weighted by Gasteiger charge is 2.17. The molecule has 1 aromatic carbocycles. The van der Waals surface area contributed by atoms with Crippen molar-refractivity contribution in [2.45, 2.75) is 46.1 Å². The van der Waals surface area contributed by atoms with Crippen LogP contribution in [0.2, 0.25) is 0 Å². The van der Waals surface area contributed by atoms with Crippen molar-refractivity contribution in [1.29, 1.82) is 0 Å². The highest BCUT2D eigenvalue weighted by atomic mass is 16.5. The van der Waals surface area contributed by atoms with E-state index < -0.39 is 0 Å². The summed E-state index contributed by atoms with van der Waals surface area (Å²) in [6.45, 7) is 9.70. The third-order valence-corrected chi connectivity index (χ3v) is 3.23. The maximum Gasteiger partial charge on any atom is 0.0713 e. The van der Waals surface area contributed by atoms with E-state index in [9.17, 15) is 0 Å². The molecule has 0 fully saturated rings. The maximum absolute atomic E-state index is 5.28. The van der Waals surface area contributed by atoms with Gasteiger partial charge in [-0.25, -0.2) is 0 Å². The van der Waals surface area contributed by atoms with Crippen molar-refractivity contribution in [3.63, 3.8) is 0 Å². The van der Waals surface area contributed by atoms with Crippen LogP contribution in [0.1, 0.15) is 56.2 Å². The Morgan fingerprint density at radius 3 is 1.72 bits per heavy atom. The molecule has 1 aromatic rings. The highest BCUT2D eigenvalue weighted by molar-refractivity contribution is 5.62. The van der Waals surface area contributed by atoms with E-state index >= 15 is 0 Å². The number of methoxy groups -OCH3 is 1. The van der Waals surface area contributed by atoms with Crippen LogP contribution in [-0.4, -0.2) is 21.2 Å². The number of nitrogens with zero attached hydrogens (tertiary/aromatic N) is 1. The number of ether oxygens (including phenoxy) is 1. The smallest absolute Gasteiger partial charge is 0.0713 e. The molecule has 0 saturated heterocycles. The van der Waals surface area contributed by atoms with E-state index in [1.54, 1.807) is 7.11 Å². The first-order chi connectivity index (χ1) is 8.38. The second-order valence-corrected chi connectivity index (χ2v) is 5.76. The van der Waals surface area contributed by atoms with Gasteiger partial charge in [-0.3, -0.25) is 0 Å². The zero-order chi connectivity index (χ0) is 13.9. The van der Waals surface area contributed by atoms with Crippen molar-refractivity contribution in [3.8, 4) is 0 Å². The van der Waals surface area contributed by atoms with Crippen LogP contribution in [0.5, 0.6) is 0 Å². The summed E-state index contributed by atoms with van der Waals surface area (Å²) in [5.41, 5.74) is 5.48. The molecule has 0 atom stereocenters. The second kappa shape index (κ2) is 6.24. The normalized spacial score (nSPS) is 11.4. The average molecular weight is 249 g/mol. The Labute approximate surface area is 112 Å². The molecule has 102 valence electrons. The van der Waals surface area contributed by atoms with Gasteiger partial charge in [0.15, 0.2) is 0 Å². The van der Waals surface area contributed by atoms with E-state index in [1.807, 2.05) is 0 Å². The Balaban J connectivity index is 3.44. The monoisotopic (exact) mass is 249 g/mol. The number of benzene rings is 1. The molecular weight excluding hydrogens is 222 g/mol. The zero-order valence-corrected chi connectivity index (χ0v) is 12.9. The molecule has 0 aliphatic heterocycles. The van der Waals surface area contributed by atoms with Crippen LogP contribution in [0, 0.1) is 0 Å². The minimum Gasteiger partial charge on any atom is -0.380 e. The Morgan fingerprint density at radius 2 is 1.44 bits per heavy atom. The fourth-order valence-electron chi connectivity index (χ4n) is 2.39. The van der Waals surface area contributed by atoms with Crippen LogP contribution in [0.25, 0.3) is 0 Å². The van der Waals surface area contributed by atoms with E-state index in [4.69, 9.17) is 4.74 Å². The zero-order valence-electron chi connectivity index (χ0n) is 12.9. The van der Waals surface area contributed by atoms with Gasteiger partial charge in [-0.2, -0.15) is 0 Å². The summed E-state index contributed by atoms with van der Waals surface area (Å²) < 4.78 is 5.28. The molecule has 0 radical (unpaired) electrons. The van der Waals surface area contributed by atoms with Gasteiger partial charge in [-0.1, -0.05) is 39.8 Å². The first-order valence-electron chi connectivity index (χ1n) is 6.71. The fraction of sp³-hybridized carbons (Fsp3) is 0.625. The molecule has 2 heteroatoms. The molecule has 0 amide bonds. The van der Waals surface area contributed by atoms with Gasteiger partial charge in [-0.05, 0) is 28.5 Å². The molecule has 1 rings (SSSR count). The highest BCUT2D eigenvalue weighted by Crippen LogP contribution is 2.35. The quantitative estimate of drug-likeness (QED) is 0.777. The summed E-state index contributed by atoms with van der Waals surface area (Å²) in [6.07, 6.45) is 0. The number of hydrogen-bond acceptors (Lipinski definition) is 2. The molecule has 0 saturated carbocycles. The predicted molar refractivity (Wildman–Crippen MR) is 79.7 cm³/mol. The standard InChI is InChI=1S/C16H27NO/c1-11(2)14-8-13(10-18-7)9-15(12(3)4)16(14)17(5)6/h8-9,11-12H,10H2,1-7H3. The molecule has 0 heterocycles. The summed E-state index contributed by atoms with van der Waals surface area (Å²) in [5.74, 6) is 1.05. The van der Waals surface area contributed by atoms with Gasteiger partial charge in [0.2, 0.25) is 0 Å². The third kappa shape index (κ3) is 3.26. The number of rotatable bonds is 5. The van der Waals surface area contributed by atoms with E-state index in [0.717, 1.165) is 0 Å². The molecule has 0 N–H and O–H groups in total. The third-order valence-electron chi connectivity index (χ3n) is 3.23. The minimum atomic E-state index is 0.525. The first kappa shape index (κ1) is 15.0. The first-order valence-corrected chi connectivity index (χ1v) is 6.71. The lowest BCUT2D eigenvalue weighted by molar-refractivity contribution is 0.184. The van der Waals surface area contributed by atoms with Gasteiger partial charge in [0.05, 0.1) is 6.61 Å². The lowest BCUT2D eigenvalue weighted by atomic mass is 9.90. The Morgan fingerprint density at radius 1 is 1.00 bits per heavy atom. The largest absolute Gasteiger partial charge is 0.380 e. The van der Waals surface area contributed by atoms with Gasteiger partial charge in [0.1, 0.15) is 0 Å². The fourth-order valence-corrected chi connectivity index (χ4v) is 2.39. The Bertz CT molecular complexity index is 365. The molecule has 0 aliphatic rings. The molecule has 0 spiro atoms. The Kier molecular flexibility index (Phi) is 5.21. The van der Waals surface area contributed by atoms with Crippen molar-refractivity contribution in [1.82, 2.24) is 0 Å². The van der Waals surface area contributed by atoms with Crippen LogP contribution >= 0.6 is 0 Å².